The third kappa shape index (κ3) is 5.53. The molecule has 1 aromatic heterocycles. The van der Waals surface area contributed by atoms with Gasteiger partial charge >= 0.3 is 0 Å². The molecule has 0 aliphatic heterocycles. The van der Waals surface area contributed by atoms with E-state index in [9.17, 15) is 5.11 Å². The van der Waals surface area contributed by atoms with Gasteiger partial charge in [0.25, 0.3) is 0 Å². The molecule has 0 saturated heterocycles. The Hall–Kier alpha value is -1.20. The summed E-state index contributed by atoms with van der Waals surface area (Å²) in [5, 5.41) is 12.5. The molecule has 2 N–H and O–H groups in total. The number of aliphatic hydroxyl groups is 1. The first-order chi connectivity index (χ1) is 8.82. The molecule has 1 aromatic rings. The highest BCUT2D eigenvalue weighted by Gasteiger charge is 2.19. The zero-order valence-electron chi connectivity index (χ0n) is 12.5. The molecule has 0 radical (unpaired) electrons. The second-order valence-corrected chi connectivity index (χ2v) is 5.82. The van der Waals surface area contributed by atoms with Crippen molar-refractivity contribution in [1.29, 1.82) is 0 Å². The third-order valence-corrected chi connectivity index (χ3v) is 2.61. The van der Waals surface area contributed by atoms with Gasteiger partial charge in [0.15, 0.2) is 0 Å². The summed E-state index contributed by atoms with van der Waals surface area (Å²) in [7, 11) is 1.65. The van der Waals surface area contributed by atoms with Crippen molar-refractivity contribution in [3.63, 3.8) is 0 Å². The van der Waals surface area contributed by atoms with Crippen molar-refractivity contribution in [2.24, 2.45) is 0 Å². The van der Waals surface area contributed by atoms with Gasteiger partial charge in [-0.25, -0.2) is 9.97 Å². The summed E-state index contributed by atoms with van der Waals surface area (Å²) < 4.78 is 5.14. The van der Waals surface area contributed by atoms with Crippen molar-refractivity contribution >= 4 is 5.82 Å². The maximum absolute atomic E-state index is 9.26. The van der Waals surface area contributed by atoms with Gasteiger partial charge in [0.2, 0.25) is 0 Å². The van der Waals surface area contributed by atoms with Gasteiger partial charge in [-0.05, 0) is 13.3 Å². The van der Waals surface area contributed by atoms with Crippen LogP contribution in [0.5, 0.6) is 0 Å². The quantitative estimate of drug-likeness (QED) is 0.826. The van der Waals surface area contributed by atoms with Crippen LogP contribution < -0.4 is 5.32 Å². The summed E-state index contributed by atoms with van der Waals surface area (Å²) in [5.41, 5.74) is 0.756. The van der Waals surface area contributed by atoms with Gasteiger partial charge in [-0.15, -0.1) is 0 Å². The van der Waals surface area contributed by atoms with Crippen molar-refractivity contribution in [2.45, 2.75) is 52.2 Å². The number of aliphatic hydroxyl groups excluding tert-OH is 1. The molecule has 1 unspecified atom stereocenters. The van der Waals surface area contributed by atoms with E-state index in [0.29, 0.717) is 19.6 Å². The number of nitrogens with one attached hydrogen (secondary N) is 1. The maximum Gasteiger partial charge on any atom is 0.136 e. The standard InChI is InChI=1S/C14H25N3O2/c1-10(18)6-7-15-12-8-11(9-19-5)16-13(17-12)14(2,3)4/h8,10,18H,6-7,9H2,1-5H3,(H,15,16,17). The number of aromatic nitrogens is 2. The first-order valence-electron chi connectivity index (χ1n) is 6.62. The average Bonchev–Trinajstić information content (AvgIpc) is 2.27. The first-order valence-corrected chi connectivity index (χ1v) is 6.62. The Morgan fingerprint density at radius 3 is 2.58 bits per heavy atom. The molecule has 5 heteroatoms. The van der Waals surface area contributed by atoms with Gasteiger partial charge in [-0.2, -0.15) is 0 Å². The molecule has 5 nitrogen and oxygen atoms in total. The second-order valence-electron chi connectivity index (χ2n) is 5.82. The van der Waals surface area contributed by atoms with Crippen molar-refractivity contribution in [2.75, 3.05) is 19.0 Å². The Kier molecular flexibility index (Phi) is 5.69. The van der Waals surface area contributed by atoms with E-state index in [1.165, 1.54) is 0 Å². The Morgan fingerprint density at radius 2 is 2.05 bits per heavy atom. The monoisotopic (exact) mass is 267 g/mol. The van der Waals surface area contributed by atoms with E-state index < -0.39 is 0 Å². The normalized spacial score (nSPS) is 13.4. The van der Waals surface area contributed by atoms with Crippen LogP contribution in [0.25, 0.3) is 0 Å². The summed E-state index contributed by atoms with van der Waals surface area (Å²) in [5.74, 6) is 1.58. The molecule has 0 aromatic carbocycles. The SMILES string of the molecule is COCc1cc(NCCC(C)O)nc(C(C)(C)C)n1. The molecule has 1 rings (SSSR count). The molecule has 0 amide bonds. The molecule has 1 atom stereocenters. The smallest absolute Gasteiger partial charge is 0.136 e. The highest BCUT2D eigenvalue weighted by molar-refractivity contribution is 5.36. The van der Waals surface area contributed by atoms with Gasteiger partial charge in [0.1, 0.15) is 11.6 Å². The average molecular weight is 267 g/mol. The van der Waals surface area contributed by atoms with E-state index in [-0.39, 0.29) is 11.5 Å². The highest BCUT2D eigenvalue weighted by atomic mass is 16.5. The van der Waals surface area contributed by atoms with E-state index in [1.807, 2.05) is 6.07 Å². The fraction of sp³-hybridized carbons (Fsp3) is 0.714. The molecule has 108 valence electrons. The largest absolute Gasteiger partial charge is 0.393 e. The van der Waals surface area contributed by atoms with Gasteiger partial charge in [0.05, 0.1) is 18.4 Å². The minimum atomic E-state index is -0.310. The predicted molar refractivity (Wildman–Crippen MR) is 76.2 cm³/mol. The van der Waals surface area contributed by atoms with Crippen LogP contribution in [0.15, 0.2) is 6.07 Å². The van der Waals surface area contributed by atoms with Crippen LogP contribution in [0.4, 0.5) is 5.82 Å². The molecular formula is C14H25N3O2. The first kappa shape index (κ1) is 15.9. The maximum atomic E-state index is 9.26. The lowest BCUT2D eigenvalue weighted by atomic mass is 9.95. The number of hydrogen-bond acceptors (Lipinski definition) is 5. The van der Waals surface area contributed by atoms with Gasteiger partial charge < -0.3 is 15.2 Å². The molecule has 1 heterocycles. The Bertz CT molecular complexity index is 400. The minimum absolute atomic E-state index is 0.107. The molecule has 0 aliphatic rings. The number of rotatable bonds is 6. The summed E-state index contributed by atoms with van der Waals surface area (Å²) in [4.78, 5) is 9.04. The zero-order chi connectivity index (χ0) is 14.5. The molecule has 0 spiro atoms. The lowest BCUT2D eigenvalue weighted by molar-refractivity contribution is 0.181. The number of nitrogens with zero attached hydrogens (tertiary/aromatic N) is 2. The molecule has 19 heavy (non-hydrogen) atoms. The Labute approximate surface area is 115 Å². The Balaban J connectivity index is 2.87. The minimum Gasteiger partial charge on any atom is -0.393 e. The highest BCUT2D eigenvalue weighted by Crippen LogP contribution is 2.20. The van der Waals surface area contributed by atoms with Crippen LogP contribution in [0.2, 0.25) is 0 Å². The topological polar surface area (TPSA) is 67.3 Å². The van der Waals surface area contributed by atoms with E-state index in [4.69, 9.17) is 4.74 Å². The van der Waals surface area contributed by atoms with Crippen LogP contribution in [0, 0.1) is 0 Å². The third-order valence-electron chi connectivity index (χ3n) is 2.61. The van der Waals surface area contributed by atoms with E-state index in [2.05, 4.69) is 36.1 Å². The van der Waals surface area contributed by atoms with Crippen molar-refractivity contribution in [3.8, 4) is 0 Å². The molecule has 0 saturated carbocycles. The fourth-order valence-corrected chi connectivity index (χ4v) is 1.55. The van der Waals surface area contributed by atoms with Crippen LogP contribution in [-0.2, 0) is 16.8 Å². The number of hydrogen-bond donors (Lipinski definition) is 2. The summed E-state index contributed by atoms with van der Waals surface area (Å²) in [6.07, 6.45) is 0.379. The van der Waals surface area contributed by atoms with Crippen LogP contribution >= 0.6 is 0 Å². The summed E-state index contributed by atoms with van der Waals surface area (Å²) in [6.45, 7) is 9.18. The lowest BCUT2D eigenvalue weighted by Crippen LogP contribution is -2.19. The Morgan fingerprint density at radius 1 is 1.37 bits per heavy atom. The zero-order valence-corrected chi connectivity index (χ0v) is 12.5. The summed E-state index contributed by atoms with van der Waals surface area (Å²) >= 11 is 0. The number of anilines is 1. The van der Waals surface area contributed by atoms with E-state index in [0.717, 1.165) is 17.3 Å². The second kappa shape index (κ2) is 6.82. The fourth-order valence-electron chi connectivity index (χ4n) is 1.55. The van der Waals surface area contributed by atoms with Crippen molar-refractivity contribution in [1.82, 2.24) is 9.97 Å². The van der Waals surface area contributed by atoms with E-state index in [1.54, 1.807) is 14.0 Å². The van der Waals surface area contributed by atoms with Gasteiger partial charge in [-0.3, -0.25) is 0 Å². The lowest BCUT2D eigenvalue weighted by Gasteiger charge is -2.19. The van der Waals surface area contributed by atoms with Crippen LogP contribution in [0.3, 0.4) is 0 Å². The molecule has 0 fully saturated rings. The predicted octanol–water partition coefficient (Wildman–Crippen LogP) is 2.10. The van der Waals surface area contributed by atoms with Crippen LogP contribution in [-0.4, -0.2) is 34.8 Å². The van der Waals surface area contributed by atoms with Gasteiger partial charge in [0, 0.05) is 25.1 Å². The van der Waals surface area contributed by atoms with Gasteiger partial charge in [-0.1, -0.05) is 20.8 Å². The number of ether oxygens (including phenoxy) is 1. The number of methoxy groups -OCH3 is 1. The van der Waals surface area contributed by atoms with E-state index >= 15 is 0 Å². The van der Waals surface area contributed by atoms with Crippen molar-refractivity contribution < 1.29 is 9.84 Å². The molecule has 0 bridgehead atoms. The molecule has 0 aliphatic carbocycles. The molecular weight excluding hydrogens is 242 g/mol. The van der Waals surface area contributed by atoms with Crippen LogP contribution in [0.1, 0.15) is 45.6 Å². The summed E-state index contributed by atoms with van der Waals surface area (Å²) in [6, 6.07) is 1.89. The van der Waals surface area contributed by atoms with Crippen molar-refractivity contribution in [3.05, 3.63) is 17.6 Å².